The minimum Gasteiger partial charge on any atom is -0.505 e. The van der Waals surface area contributed by atoms with Gasteiger partial charge in [0, 0.05) is 11.8 Å². The molecular formula is C13H7F6NO. The van der Waals surface area contributed by atoms with Gasteiger partial charge in [0.25, 0.3) is 0 Å². The van der Waals surface area contributed by atoms with Gasteiger partial charge in [0.05, 0.1) is 5.56 Å². The Hall–Kier alpha value is -2.25. The van der Waals surface area contributed by atoms with Crippen LogP contribution >= 0.6 is 0 Å². The third-order valence-corrected chi connectivity index (χ3v) is 2.69. The fourth-order valence-corrected chi connectivity index (χ4v) is 1.76. The highest BCUT2D eigenvalue weighted by atomic mass is 19.4. The molecule has 0 saturated heterocycles. The van der Waals surface area contributed by atoms with Gasteiger partial charge in [0.2, 0.25) is 0 Å². The zero-order valence-corrected chi connectivity index (χ0v) is 10.1. The number of hydrogen-bond donors (Lipinski definition) is 1. The van der Waals surface area contributed by atoms with Crippen molar-refractivity contribution in [2.75, 3.05) is 0 Å². The predicted molar refractivity (Wildman–Crippen MR) is 61.3 cm³/mol. The van der Waals surface area contributed by atoms with Crippen molar-refractivity contribution >= 4 is 0 Å². The van der Waals surface area contributed by atoms with Gasteiger partial charge in [-0.3, -0.25) is 0 Å². The second-order valence-electron chi connectivity index (χ2n) is 4.13. The van der Waals surface area contributed by atoms with Crippen LogP contribution in [0.15, 0.2) is 36.5 Å². The number of pyridine rings is 1. The summed E-state index contributed by atoms with van der Waals surface area (Å²) in [5.74, 6) is -1.20. The lowest BCUT2D eigenvalue weighted by molar-refractivity contribution is -0.142. The summed E-state index contributed by atoms with van der Waals surface area (Å²) in [5.41, 5.74) is -3.12. The van der Waals surface area contributed by atoms with Crippen LogP contribution in [0.5, 0.6) is 5.75 Å². The summed E-state index contributed by atoms with van der Waals surface area (Å²) in [6.45, 7) is 0. The lowest BCUT2D eigenvalue weighted by Gasteiger charge is -2.13. The zero-order chi connectivity index (χ0) is 15.8. The Balaban J connectivity index is 2.58. The first-order valence-corrected chi connectivity index (χ1v) is 5.53. The lowest BCUT2D eigenvalue weighted by Crippen LogP contribution is -2.08. The normalized spacial score (nSPS) is 12.5. The van der Waals surface area contributed by atoms with E-state index in [-0.39, 0.29) is 11.1 Å². The van der Waals surface area contributed by atoms with Crippen LogP contribution in [0, 0.1) is 0 Å². The van der Waals surface area contributed by atoms with E-state index < -0.39 is 29.4 Å². The molecule has 0 aliphatic heterocycles. The van der Waals surface area contributed by atoms with E-state index in [1.807, 2.05) is 0 Å². The van der Waals surface area contributed by atoms with Gasteiger partial charge in [0.15, 0.2) is 11.4 Å². The maximum atomic E-state index is 12.6. The number of alkyl halides is 6. The average Bonchev–Trinajstić information content (AvgIpc) is 2.37. The Morgan fingerprint density at radius 2 is 1.57 bits per heavy atom. The zero-order valence-electron chi connectivity index (χ0n) is 10.1. The maximum absolute atomic E-state index is 12.6. The SMILES string of the molecule is Oc1c(-c2cccc(C(F)(F)F)c2)ccnc1C(F)(F)F. The molecule has 0 atom stereocenters. The van der Waals surface area contributed by atoms with Gasteiger partial charge in [-0.15, -0.1) is 0 Å². The number of nitrogens with zero attached hydrogens (tertiary/aromatic N) is 1. The van der Waals surface area contributed by atoms with Crippen molar-refractivity contribution in [3.05, 3.63) is 47.8 Å². The number of aromatic hydroxyl groups is 1. The molecule has 0 bridgehead atoms. The van der Waals surface area contributed by atoms with E-state index in [0.29, 0.717) is 6.07 Å². The molecular weight excluding hydrogens is 300 g/mol. The van der Waals surface area contributed by atoms with Gasteiger partial charge in [-0.05, 0) is 23.8 Å². The number of halogens is 6. The summed E-state index contributed by atoms with van der Waals surface area (Å²) >= 11 is 0. The molecule has 0 radical (unpaired) electrons. The van der Waals surface area contributed by atoms with Crippen LogP contribution in [0.25, 0.3) is 11.1 Å². The van der Waals surface area contributed by atoms with E-state index in [1.54, 1.807) is 0 Å². The van der Waals surface area contributed by atoms with E-state index >= 15 is 0 Å². The highest BCUT2D eigenvalue weighted by Crippen LogP contribution is 2.40. The van der Waals surface area contributed by atoms with Gasteiger partial charge in [0.1, 0.15) is 0 Å². The Morgan fingerprint density at radius 3 is 2.14 bits per heavy atom. The van der Waals surface area contributed by atoms with Crippen molar-refractivity contribution < 1.29 is 31.4 Å². The summed E-state index contributed by atoms with van der Waals surface area (Å²) in [5, 5.41) is 9.61. The maximum Gasteiger partial charge on any atom is 0.437 e. The number of hydrogen-bond acceptors (Lipinski definition) is 2. The molecule has 0 unspecified atom stereocenters. The van der Waals surface area contributed by atoms with Crippen molar-refractivity contribution in [2.45, 2.75) is 12.4 Å². The van der Waals surface area contributed by atoms with E-state index in [2.05, 4.69) is 4.98 Å². The van der Waals surface area contributed by atoms with Crippen molar-refractivity contribution in [3.63, 3.8) is 0 Å². The Kier molecular flexibility index (Phi) is 3.56. The molecule has 0 amide bonds. The molecule has 2 rings (SSSR count). The highest BCUT2D eigenvalue weighted by molar-refractivity contribution is 5.71. The van der Waals surface area contributed by atoms with Crippen LogP contribution in [0.3, 0.4) is 0 Å². The van der Waals surface area contributed by atoms with Crippen molar-refractivity contribution in [3.8, 4) is 16.9 Å². The van der Waals surface area contributed by atoms with Crippen molar-refractivity contribution in [1.29, 1.82) is 0 Å². The summed E-state index contributed by atoms with van der Waals surface area (Å²) in [7, 11) is 0. The molecule has 21 heavy (non-hydrogen) atoms. The Labute approximate surface area is 114 Å². The molecule has 0 fully saturated rings. The van der Waals surface area contributed by atoms with E-state index in [4.69, 9.17) is 0 Å². The lowest BCUT2D eigenvalue weighted by atomic mass is 10.0. The third kappa shape index (κ3) is 3.09. The van der Waals surface area contributed by atoms with Crippen LogP contribution in [0.1, 0.15) is 11.3 Å². The van der Waals surface area contributed by atoms with Gasteiger partial charge in [-0.2, -0.15) is 26.3 Å². The molecule has 1 aromatic carbocycles. The molecule has 1 aromatic heterocycles. The van der Waals surface area contributed by atoms with Gasteiger partial charge in [-0.1, -0.05) is 12.1 Å². The molecule has 1 heterocycles. The van der Waals surface area contributed by atoms with Crippen molar-refractivity contribution in [1.82, 2.24) is 4.98 Å². The summed E-state index contributed by atoms with van der Waals surface area (Å²) in [4.78, 5) is 3.01. The summed E-state index contributed by atoms with van der Waals surface area (Å²) in [6, 6.07) is 4.68. The second-order valence-corrected chi connectivity index (χ2v) is 4.13. The summed E-state index contributed by atoms with van der Waals surface area (Å²) < 4.78 is 75.6. The third-order valence-electron chi connectivity index (χ3n) is 2.69. The first-order valence-electron chi connectivity index (χ1n) is 5.53. The molecule has 0 aliphatic carbocycles. The Morgan fingerprint density at radius 1 is 0.905 bits per heavy atom. The molecule has 0 saturated carbocycles. The minimum absolute atomic E-state index is 0.185. The number of aromatic nitrogens is 1. The second kappa shape index (κ2) is 4.94. The van der Waals surface area contributed by atoms with E-state index in [0.717, 1.165) is 24.4 Å². The number of benzene rings is 1. The average molecular weight is 307 g/mol. The molecule has 2 aromatic rings. The highest BCUT2D eigenvalue weighted by Gasteiger charge is 2.37. The molecule has 0 spiro atoms. The number of rotatable bonds is 1. The van der Waals surface area contributed by atoms with E-state index in [9.17, 15) is 31.4 Å². The van der Waals surface area contributed by atoms with E-state index in [1.165, 1.54) is 6.07 Å². The minimum atomic E-state index is -4.90. The van der Waals surface area contributed by atoms with Crippen LogP contribution in [-0.2, 0) is 12.4 Å². The largest absolute Gasteiger partial charge is 0.505 e. The van der Waals surface area contributed by atoms with Crippen molar-refractivity contribution in [2.24, 2.45) is 0 Å². The smallest absolute Gasteiger partial charge is 0.437 e. The monoisotopic (exact) mass is 307 g/mol. The predicted octanol–water partition coefficient (Wildman–Crippen LogP) is 4.49. The van der Waals surface area contributed by atoms with Crippen LogP contribution < -0.4 is 0 Å². The fourth-order valence-electron chi connectivity index (χ4n) is 1.76. The van der Waals surface area contributed by atoms with Crippen LogP contribution in [0.2, 0.25) is 0 Å². The topological polar surface area (TPSA) is 33.1 Å². The first kappa shape index (κ1) is 15.1. The van der Waals surface area contributed by atoms with Crippen LogP contribution in [-0.4, -0.2) is 10.1 Å². The Bertz CT molecular complexity index is 662. The van der Waals surface area contributed by atoms with Gasteiger partial charge >= 0.3 is 12.4 Å². The quantitative estimate of drug-likeness (QED) is 0.787. The molecule has 1 N–H and O–H groups in total. The molecule has 0 aliphatic rings. The molecule has 2 nitrogen and oxygen atoms in total. The fraction of sp³-hybridized carbons (Fsp3) is 0.154. The van der Waals surface area contributed by atoms with Gasteiger partial charge < -0.3 is 5.11 Å². The van der Waals surface area contributed by atoms with Crippen LogP contribution in [0.4, 0.5) is 26.3 Å². The summed E-state index contributed by atoms with van der Waals surface area (Å²) in [6.07, 6.45) is -8.76. The first-order chi connectivity index (χ1) is 9.60. The standard InChI is InChI=1S/C13H7F6NO/c14-12(15,16)8-3-1-2-7(6-8)9-4-5-20-11(10(9)21)13(17,18)19/h1-6,21H. The van der Waals surface area contributed by atoms with Gasteiger partial charge in [-0.25, -0.2) is 4.98 Å². The molecule has 112 valence electrons. The molecule has 8 heteroatoms.